The van der Waals surface area contributed by atoms with E-state index in [9.17, 15) is 22.8 Å². The third-order valence-corrected chi connectivity index (χ3v) is 5.77. The van der Waals surface area contributed by atoms with Gasteiger partial charge in [0.25, 0.3) is 5.91 Å². The van der Waals surface area contributed by atoms with Gasteiger partial charge < -0.3 is 9.80 Å². The van der Waals surface area contributed by atoms with Crippen LogP contribution in [0.2, 0.25) is 0 Å². The highest BCUT2D eigenvalue weighted by molar-refractivity contribution is 5.94. The van der Waals surface area contributed by atoms with Gasteiger partial charge in [0.05, 0.1) is 5.56 Å². The predicted octanol–water partition coefficient (Wildman–Crippen LogP) is 4.65. The van der Waals surface area contributed by atoms with Crippen molar-refractivity contribution in [1.29, 1.82) is 0 Å². The molecule has 1 aliphatic heterocycles. The molecule has 0 radical (unpaired) electrons. The second-order valence-electron chi connectivity index (χ2n) is 7.99. The van der Waals surface area contributed by atoms with E-state index < -0.39 is 11.7 Å². The zero-order valence-electron chi connectivity index (χ0n) is 17.6. The fourth-order valence-corrected chi connectivity index (χ4v) is 3.90. The number of carbonyl (C=O) groups excluding carboxylic acids is 2. The van der Waals surface area contributed by atoms with Gasteiger partial charge in [0.1, 0.15) is 0 Å². The van der Waals surface area contributed by atoms with E-state index in [1.54, 1.807) is 9.80 Å². The quantitative estimate of drug-likeness (QED) is 0.667. The number of aryl methyl sites for hydroxylation is 1. The van der Waals surface area contributed by atoms with Gasteiger partial charge >= 0.3 is 6.18 Å². The van der Waals surface area contributed by atoms with Crippen LogP contribution in [-0.2, 0) is 17.4 Å². The van der Waals surface area contributed by atoms with Crippen LogP contribution in [0.5, 0.6) is 0 Å². The minimum atomic E-state index is -4.42. The summed E-state index contributed by atoms with van der Waals surface area (Å²) in [6.07, 6.45) is -1.49. The molecule has 0 aliphatic carbocycles. The summed E-state index contributed by atoms with van der Waals surface area (Å²) in [6, 6.07) is 14.4. The van der Waals surface area contributed by atoms with Crippen molar-refractivity contribution in [1.82, 2.24) is 9.80 Å². The summed E-state index contributed by atoms with van der Waals surface area (Å²) in [6.45, 7) is 1.53. The average molecular weight is 432 g/mol. The van der Waals surface area contributed by atoms with E-state index in [2.05, 4.69) is 12.1 Å². The molecule has 0 N–H and O–H groups in total. The Kier molecular flexibility index (Phi) is 7.36. The SMILES string of the molecule is CN(CCCc1ccccc1)C(=O)C1CCN(C(=O)c2ccc(C(F)(F)F)cc2)CC1. The molecule has 1 aliphatic rings. The van der Waals surface area contributed by atoms with Gasteiger partial charge in [0.15, 0.2) is 0 Å². The molecule has 0 aromatic heterocycles. The highest BCUT2D eigenvalue weighted by Gasteiger charge is 2.32. The summed E-state index contributed by atoms with van der Waals surface area (Å²) in [5.41, 5.74) is 0.706. The van der Waals surface area contributed by atoms with E-state index in [0.717, 1.165) is 25.0 Å². The number of hydrogen-bond donors (Lipinski definition) is 0. The van der Waals surface area contributed by atoms with Crippen molar-refractivity contribution in [3.8, 4) is 0 Å². The van der Waals surface area contributed by atoms with E-state index in [-0.39, 0.29) is 23.3 Å². The number of alkyl halides is 3. The number of benzene rings is 2. The highest BCUT2D eigenvalue weighted by Crippen LogP contribution is 2.29. The first-order valence-corrected chi connectivity index (χ1v) is 10.5. The van der Waals surface area contributed by atoms with Gasteiger partial charge in [-0.25, -0.2) is 0 Å². The van der Waals surface area contributed by atoms with Gasteiger partial charge in [-0.2, -0.15) is 13.2 Å². The van der Waals surface area contributed by atoms with Crippen molar-refractivity contribution in [2.75, 3.05) is 26.7 Å². The van der Waals surface area contributed by atoms with Crippen LogP contribution in [-0.4, -0.2) is 48.3 Å². The van der Waals surface area contributed by atoms with Crippen molar-refractivity contribution in [3.05, 3.63) is 71.3 Å². The van der Waals surface area contributed by atoms with Gasteiger partial charge in [-0.05, 0) is 55.5 Å². The minimum absolute atomic E-state index is 0.0923. The number of amides is 2. The fourth-order valence-electron chi connectivity index (χ4n) is 3.90. The maximum atomic E-state index is 12.7. The first kappa shape index (κ1) is 22.8. The molecule has 1 heterocycles. The number of halogens is 3. The Hall–Kier alpha value is -2.83. The molecule has 0 bridgehead atoms. The summed E-state index contributed by atoms with van der Waals surface area (Å²) in [5, 5.41) is 0. The molecular formula is C24H27F3N2O2. The number of likely N-dealkylation sites (tertiary alicyclic amines) is 1. The minimum Gasteiger partial charge on any atom is -0.346 e. The lowest BCUT2D eigenvalue weighted by Gasteiger charge is -2.33. The number of carbonyl (C=O) groups is 2. The van der Waals surface area contributed by atoms with Crippen LogP contribution in [0.1, 0.15) is 40.7 Å². The summed E-state index contributed by atoms with van der Waals surface area (Å²) in [4.78, 5) is 28.7. The Bertz CT molecular complexity index is 874. The molecule has 0 spiro atoms. The number of hydrogen-bond acceptors (Lipinski definition) is 2. The standard InChI is InChI=1S/C24H27F3N2O2/c1-28(15-5-8-18-6-3-2-4-7-18)22(30)20-13-16-29(17-14-20)23(31)19-9-11-21(12-10-19)24(25,26)27/h2-4,6-7,9-12,20H,5,8,13-17H2,1H3. The van der Waals surface area contributed by atoms with E-state index in [0.29, 0.717) is 32.5 Å². The van der Waals surface area contributed by atoms with E-state index in [1.165, 1.54) is 17.7 Å². The van der Waals surface area contributed by atoms with Crippen LogP contribution in [0.4, 0.5) is 13.2 Å². The van der Waals surface area contributed by atoms with Crippen molar-refractivity contribution < 1.29 is 22.8 Å². The first-order valence-electron chi connectivity index (χ1n) is 10.5. The summed E-state index contributed by atoms with van der Waals surface area (Å²) in [5.74, 6) is -0.330. The lowest BCUT2D eigenvalue weighted by molar-refractivity contribution is -0.137. The molecule has 0 unspecified atom stereocenters. The smallest absolute Gasteiger partial charge is 0.346 e. The number of nitrogens with zero attached hydrogens (tertiary/aromatic N) is 2. The Morgan fingerprint density at radius 1 is 1.00 bits per heavy atom. The lowest BCUT2D eigenvalue weighted by atomic mass is 9.94. The molecule has 1 saturated heterocycles. The molecule has 7 heteroatoms. The van der Waals surface area contributed by atoms with E-state index in [1.807, 2.05) is 25.2 Å². The van der Waals surface area contributed by atoms with Crippen molar-refractivity contribution >= 4 is 11.8 Å². The second-order valence-corrected chi connectivity index (χ2v) is 7.99. The lowest BCUT2D eigenvalue weighted by Crippen LogP contribution is -2.43. The van der Waals surface area contributed by atoms with Gasteiger partial charge in [-0.3, -0.25) is 9.59 Å². The highest BCUT2D eigenvalue weighted by atomic mass is 19.4. The Labute approximate surface area is 180 Å². The van der Waals surface area contributed by atoms with E-state index in [4.69, 9.17) is 0 Å². The third-order valence-electron chi connectivity index (χ3n) is 5.77. The van der Waals surface area contributed by atoms with Gasteiger partial charge in [0.2, 0.25) is 5.91 Å². The molecule has 4 nitrogen and oxygen atoms in total. The Balaban J connectivity index is 1.45. The molecule has 3 rings (SSSR count). The molecule has 2 amide bonds. The predicted molar refractivity (Wildman–Crippen MR) is 112 cm³/mol. The zero-order valence-corrected chi connectivity index (χ0v) is 17.6. The number of rotatable bonds is 6. The molecule has 1 fully saturated rings. The van der Waals surface area contributed by atoms with Crippen molar-refractivity contribution in [2.45, 2.75) is 31.9 Å². The first-order chi connectivity index (χ1) is 14.8. The second kappa shape index (κ2) is 9.98. The number of piperidine rings is 1. The third kappa shape index (κ3) is 6.09. The molecule has 0 atom stereocenters. The van der Waals surface area contributed by atoms with Crippen LogP contribution < -0.4 is 0 Å². The maximum absolute atomic E-state index is 12.7. The summed E-state index contributed by atoms with van der Waals surface area (Å²) < 4.78 is 38.1. The summed E-state index contributed by atoms with van der Waals surface area (Å²) in [7, 11) is 1.81. The van der Waals surface area contributed by atoms with Crippen LogP contribution in [0.25, 0.3) is 0 Å². The average Bonchev–Trinajstić information content (AvgIpc) is 2.78. The molecule has 166 valence electrons. The van der Waals surface area contributed by atoms with Gasteiger partial charge in [-0.1, -0.05) is 30.3 Å². The largest absolute Gasteiger partial charge is 0.416 e. The molecular weight excluding hydrogens is 405 g/mol. The van der Waals surface area contributed by atoms with Gasteiger partial charge in [0, 0.05) is 38.2 Å². The molecule has 0 saturated carbocycles. The van der Waals surface area contributed by atoms with Crippen LogP contribution in [0.15, 0.2) is 54.6 Å². The monoisotopic (exact) mass is 432 g/mol. The van der Waals surface area contributed by atoms with Crippen LogP contribution >= 0.6 is 0 Å². The molecule has 2 aromatic carbocycles. The molecule has 31 heavy (non-hydrogen) atoms. The van der Waals surface area contributed by atoms with Crippen molar-refractivity contribution in [3.63, 3.8) is 0 Å². The van der Waals surface area contributed by atoms with Gasteiger partial charge in [-0.15, -0.1) is 0 Å². The normalized spacial score (nSPS) is 15.0. The fraction of sp³-hybridized carbons (Fsp3) is 0.417. The van der Waals surface area contributed by atoms with Crippen LogP contribution in [0.3, 0.4) is 0 Å². The Morgan fingerprint density at radius 2 is 1.61 bits per heavy atom. The summed E-state index contributed by atoms with van der Waals surface area (Å²) >= 11 is 0. The van der Waals surface area contributed by atoms with Crippen LogP contribution in [0, 0.1) is 5.92 Å². The van der Waals surface area contributed by atoms with Crippen molar-refractivity contribution in [2.24, 2.45) is 5.92 Å². The van der Waals surface area contributed by atoms with E-state index >= 15 is 0 Å². The maximum Gasteiger partial charge on any atom is 0.416 e. The Morgan fingerprint density at radius 3 is 2.19 bits per heavy atom. The molecule has 2 aromatic rings. The zero-order chi connectivity index (χ0) is 22.4. The topological polar surface area (TPSA) is 40.6 Å².